The maximum absolute atomic E-state index is 4.09. The van der Waals surface area contributed by atoms with E-state index in [-0.39, 0.29) is 0 Å². The molecule has 0 radical (unpaired) electrons. The lowest BCUT2D eigenvalue weighted by molar-refractivity contribution is 1.11. The maximum Gasteiger partial charge on any atom is 0.0448 e. The SMILES string of the molecule is C=C1Cc2ccc(-c3cccc(C)c3)cc2N1C. The fourth-order valence-corrected chi connectivity index (χ4v) is 2.54. The number of aryl methyl sites for hydroxylation is 1. The number of fused-ring (bicyclic) bond motifs is 1. The minimum atomic E-state index is 0.972. The number of hydrogen-bond donors (Lipinski definition) is 0. The number of likely N-dealkylation sites (N-methyl/N-ethyl adjacent to an activating group) is 1. The van der Waals surface area contributed by atoms with Crippen LogP contribution in [0, 0.1) is 6.92 Å². The normalized spacial score (nSPS) is 13.9. The van der Waals surface area contributed by atoms with Crippen molar-refractivity contribution in [3.05, 3.63) is 65.9 Å². The molecule has 0 amide bonds. The highest BCUT2D eigenvalue weighted by Gasteiger charge is 2.19. The second-order valence-electron chi connectivity index (χ2n) is 5.01. The molecular weight excluding hydrogens is 218 g/mol. The number of allylic oxidation sites excluding steroid dienone is 1. The number of nitrogens with zero attached hydrogens (tertiary/aromatic N) is 1. The highest BCUT2D eigenvalue weighted by atomic mass is 15.1. The van der Waals surface area contributed by atoms with Crippen molar-refractivity contribution in [2.75, 3.05) is 11.9 Å². The van der Waals surface area contributed by atoms with Crippen LogP contribution >= 0.6 is 0 Å². The first-order valence-electron chi connectivity index (χ1n) is 6.26. The summed E-state index contributed by atoms with van der Waals surface area (Å²) in [5.74, 6) is 0. The molecule has 0 fully saturated rings. The van der Waals surface area contributed by atoms with Gasteiger partial charge in [-0.2, -0.15) is 0 Å². The quantitative estimate of drug-likeness (QED) is 0.717. The Morgan fingerprint density at radius 2 is 1.83 bits per heavy atom. The monoisotopic (exact) mass is 235 g/mol. The molecule has 1 heteroatoms. The van der Waals surface area contributed by atoms with Gasteiger partial charge in [0.1, 0.15) is 0 Å². The average molecular weight is 235 g/mol. The molecule has 0 bridgehead atoms. The zero-order valence-corrected chi connectivity index (χ0v) is 10.9. The van der Waals surface area contributed by atoms with Crippen molar-refractivity contribution in [3.63, 3.8) is 0 Å². The summed E-state index contributed by atoms with van der Waals surface area (Å²) in [6, 6.07) is 15.3. The Hall–Kier alpha value is -2.02. The fourth-order valence-electron chi connectivity index (χ4n) is 2.54. The van der Waals surface area contributed by atoms with Crippen LogP contribution in [-0.4, -0.2) is 7.05 Å². The van der Waals surface area contributed by atoms with Crippen LogP contribution in [0.15, 0.2) is 54.7 Å². The highest BCUT2D eigenvalue weighted by Crippen LogP contribution is 2.35. The minimum Gasteiger partial charge on any atom is -0.348 e. The molecular formula is C17H17N. The molecule has 0 atom stereocenters. The standard InChI is InChI=1S/C17H17N/c1-12-5-4-6-14(9-12)15-7-8-16-10-13(2)18(3)17(16)11-15/h4-9,11H,2,10H2,1,3H3. The van der Waals surface area contributed by atoms with Crippen molar-refractivity contribution in [2.45, 2.75) is 13.3 Å². The topological polar surface area (TPSA) is 3.24 Å². The van der Waals surface area contributed by atoms with E-state index in [1.807, 2.05) is 0 Å². The summed E-state index contributed by atoms with van der Waals surface area (Å²) in [6.45, 7) is 6.22. The van der Waals surface area contributed by atoms with Gasteiger partial charge in [0.05, 0.1) is 0 Å². The molecule has 0 spiro atoms. The van der Waals surface area contributed by atoms with Crippen molar-refractivity contribution in [1.82, 2.24) is 0 Å². The van der Waals surface area contributed by atoms with Gasteiger partial charge >= 0.3 is 0 Å². The molecule has 1 aliphatic rings. The third-order valence-corrected chi connectivity index (χ3v) is 3.67. The summed E-state index contributed by atoms with van der Waals surface area (Å²) in [7, 11) is 2.09. The molecule has 3 rings (SSSR count). The van der Waals surface area contributed by atoms with Gasteiger partial charge in [-0.15, -0.1) is 0 Å². The van der Waals surface area contributed by atoms with Gasteiger partial charge in [0.15, 0.2) is 0 Å². The Morgan fingerprint density at radius 3 is 2.61 bits per heavy atom. The first-order chi connectivity index (χ1) is 8.65. The van der Waals surface area contributed by atoms with Crippen LogP contribution in [0.3, 0.4) is 0 Å². The van der Waals surface area contributed by atoms with E-state index < -0.39 is 0 Å². The fraction of sp³-hybridized carbons (Fsp3) is 0.176. The lowest BCUT2D eigenvalue weighted by atomic mass is 10.0. The van der Waals surface area contributed by atoms with Gasteiger partial charge < -0.3 is 4.90 Å². The van der Waals surface area contributed by atoms with Crippen LogP contribution < -0.4 is 4.90 Å². The Kier molecular flexibility index (Phi) is 2.48. The third-order valence-electron chi connectivity index (χ3n) is 3.67. The van der Waals surface area contributed by atoms with Crippen LogP contribution in [0.1, 0.15) is 11.1 Å². The summed E-state index contributed by atoms with van der Waals surface area (Å²) in [4.78, 5) is 2.19. The Balaban J connectivity index is 2.09. The predicted molar refractivity (Wildman–Crippen MR) is 77.9 cm³/mol. The lowest BCUT2D eigenvalue weighted by Crippen LogP contribution is -2.09. The van der Waals surface area contributed by atoms with Crippen molar-refractivity contribution in [1.29, 1.82) is 0 Å². The second-order valence-corrected chi connectivity index (χ2v) is 5.01. The van der Waals surface area contributed by atoms with Gasteiger partial charge in [-0.3, -0.25) is 0 Å². The second kappa shape index (κ2) is 4.02. The molecule has 2 aromatic rings. The van der Waals surface area contributed by atoms with Gasteiger partial charge in [0.25, 0.3) is 0 Å². The molecule has 0 aromatic heterocycles. The van der Waals surface area contributed by atoms with E-state index >= 15 is 0 Å². The van der Waals surface area contributed by atoms with E-state index in [0.717, 1.165) is 6.42 Å². The van der Waals surface area contributed by atoms with Crippen molar-refractivity contribution < 1.29 is 0 Å². The van der Waals surface area contributed by atoms with Crippen LogP contribution in [0.4, 0.5) is 5.69 Å². The summed E-state index contributed by atoms with van der Waals surface area (Å²) >= 11 is 0. The largest absolute Gasteiger partial charge is 0.348 e. The predicted octanol–water partition coefficient (Wildman–Crippen LogP) is 4.17. The highest BCUT2D eigenvalue weighted by molar-refractivity contribution is 5.74. The molecule has 1 heterocycles. The molecule has 1 aliphatic heterocycles. The summed E-state index contributed by atoms with van der Waals surface area (Å²) in [5.41, 5.74) is 7.69. The maximum atomic E-state index is 4.09. The van der Waals surface area contributed by atoms with E-state index in [2.05, 4.69) is 67.9 Å². The van der Waals surface area contributed by atoms with E-state index in [0.29, 0.717) is 0 Å². The molecule has 90 valence electrons. The number of anilines is 1. The smallest absolute Gasteiger partial charge is 0.0448 e. The number of benzene rings is 2. The lowest BCUT2D eigenvalue weighted by Gasteiger charge is -2.14. The number of rotatable bonds is 1. The van der Waals surface area contributed by atoms with Gasteiger partial charge in [0, 0.05) is 24.9 Å². The van der Waals surface area contributed by atoms with Crippen LogP contribution in [0.5, 0.6) is 0 Å². The Morgan fingerprint density at radius 1 is 1.06 bits per heavy atom. The molecule has 0 unspecified atom stereocenters. The molecule has 2 aromatic carbocycles. The van der Waals surface area contributed by atoms with Crippen molar-refractivity contribution in [2.24, 2.45) is 0 Å². The Bertz CT molecular complexity index is 625. The molecule has 18 heavy (non-hydrogen) atoms. The first kappa shape index (κ1) is 11.1. The van der Waals surface area contributed by atoms with Gasteiger partial charge in [0.2, 0.25) is 0 Å². The van der Waals surface area contributed by atoms with Crippen LogP contribution in [0.25, 0.3) is 11.1 Å². The van der Waals surface area contributed by atoms with Crippen molar-refractivity contribution in [3.8, 4) is 11.1 Å². The summed E-state index contributed by atoms with van der Waals surface area (Å²) in [6.07, 6.45) is 0.972. The first-order valence-corrected chi connectivity index (χ1v) is 6.26. The van der Waals surface area contributed by atoms with Gasteiger partial charge in [-0.05, 0) is 29.7 Å². The van der Waals surface area contributed by atoms with E-state index in [1.165, 1.54) is 33.6 Å². The number of hydrogen-bond acceptors (Lipinski definition) is 1. The molecule has 0 aliphatic carbocycles. The van der Waals surface area contributed by atoms with E-state index in [9.17, 15) is 0 Å². The zero-order chi connectivity index (χ0) is 12.7. The molecule has 1 nitrogen and oxygen atoms in total. The Labute approximate surface area is 108 Å². The third kappa shape index (κ3) is 1.72. The molecule has 0 saturated heterocycles. The van der Waals surface area contributed by atoms with Gasteiger partial charge in [-0.1, -0.05) is 48.5 Å². The van der Waals surface area contributed by atoms with Crippen LogP contribution in [0.2, 0.25) is 0 Å². The average Bonchev–Trinajstić information content (AvgIpc) is 2.65. The molecule has 0 saturated carbocycles. The summed E-state index contributed by atoms with van der Waals surface area (Å²) in [5, 5.41) is 0. The van der Waals surface area contributed by atoms with Crippen molar-refractivity contribution >= 4 is 5.69 Å². The summed E-state index contributed by atoms with van der Waals surface area (Å²) < 4.78 is 0. The minimum absolute atomic E-state index is 0.972. The van der Waals surface area contributed by atoms with E-state index in [1.54, 1.807) is 0 Å². The van der Waals surface area contributed by atoms with E-state index in [4.69, 9.17) is 0 Å². The van der Waals surface area contributed by atoms with Gasteiger partial charge in [-0.25, -0.2) is 0 Å². The zero-order valence-electron chi connectivity index (χ0n) is 10.9. The molecule has 0 N–H and O–H groups in total. The van der Waals surface area contributed by atoms with Crippen LogP contribution in [-0.2, 0) is 6.42 Å².